The molecular formula is C21H36N10O6S. The number of rotatable bonds is 18. The second kappa shape index (κ2) is 16.8. The van der Waals surface area contributed by atoms with Gasteiger partial charge in [-0.1, -0.05) is 0 Å². The van der Waals surface area contributed by atoms with Gasteiger partial charge in [0, 0.05) is 24.9 Å². The molecular weight excluding hydrogens is 520 g/mol. The third-order valence-electron chi connectivity index (χ3n) is 5.17. The number of amides is 4. The maximum absolute atomic E-state index is 13.2. The molecule has 1 aromatic heterocycles. The lowest BCUT2D eigenvalue weighted by Gasteiger charge is -2.25. The predicted octanol–water partition coefficient (Wildman–Crippen LogP) is -3.50. The molecule has 17 heteroatoms. The number of nitrogens with zero attached hydrogens (tertiary/aromatic N) is 2. The van der Waals surface area contributed by atoms with Gasteiger partial charge in [0.25, 0.3) is 0 Å². The Morgan fingerprint density at radius 2 is 1.66 bits per heavy atom. The number of aromatic amines is 1. The van der Waals surface area contributed by atoms with Crippen LogP contribution >= 0.6 is 11.8 Å². The zero-order valence-electron chi connectivity index (χ0n) is 21.0. The van der Waals surface area contributed by atoms with Crippen molar-refractivity contribution in [2.24, 2.45) is 27.9 Å². The Balaban J connectivity index is 3.09. The van der Waals surface area contributed by atoms with E-state index in [-0.39, 0.29) is 38.2 Å². The van der Waals surface area contributed by atoms with Gasteiger partial charge in [-0.15, -0.1) is 0 Å². The van der Waals surface area contributed by atoms with E-state index < -0.39 is 60.2 Å². The fourth-order valence-corrected chi connectivity index (χ4v) is 3.70. The predicted molar refractivity (Wildman–Crippen MR) is 140 cm³/mol. The van der Waals surface area contributed by atoms with Crippen LogP contribution in [0.1, 0.15) is 31.4 Å². The third kappa shape index (κ3) is 12.4. The zero-order chi connectivity index (χ0) is 28.7. The lowest BCUT2D eigenvalue weighted by Crippen LogP contribution is -2.57. The summed E-state index contributed by atoms with van der Waals surface area (Å²) in [4.78, 5) is 72.0. The Morgan fingerprint density at radius 3 is 2.21 bits per heavy atom. The molecule has 4 amide bonds. The van der Waals surface area contributed by atoms with Crippen LogP contribution in [0.15, 0.2) is 17.5 Å². The number of aliphatic imine (C=N–C) groups is 1. The largest absolute Gasteiger partial charge is 0.480 e. The summed E-state index contributed by atoms with van der Waals surface area (Å²) in [7, 11) is 0. The maximum atomic E-state index is 13.2. The average molecular weight is 557 g/mol. The van der Waals surface area contributed by atoms with Crippen molar-refractivity contribution in [3.63, 3.8) is 0 Å². The van der Waals surface area contributed by atoms with Crippen molar-refractivity contribution in [1.29, 1.82) is 0 Å². The second-order valence-corrected chi connectivity index (χ2v) is 9.30. The molecule has 0 radical (unpaired) electrons. The van der Waals surface area contributed by atoms with Crippen LogP contribution in [-0.2, 0) is 30.4 Å². The van der Waals surface area contributed by atoms with E-state index in [2.05, 4.69) is 30.9 Å². The van der Waals surface area contributed by atoms with Crippen LogP contribution in [0.2, 0.25) is 0 Å². The molecule has 0 aliphatic carbocycles. The van der Waals surface area contributed by atoms with Crippen molar-refractivity contribution in [1.82, 2.24) is 25.9 Å². The fourth-order valence-electron chi connectivity index (χ4n) is 3.22. The first-order valence-electron chi connectivity index (χ1n) is 11.6. The highest BCUT2D eigenvalue weighted by Crippen LogP contribution is 2.06. The number of nitrogens with one attached hydrogen (secondary N) is 4. The fraction of sp³-hybridized carbons (Fsp3) is 0.571. The molecule has 13 N–H and O–H groups in total. The van der Waals surface area contributed by atoms with Crippen LogP contribution < -0.4 is 38.9 Å². The van der Waals surface area contributed by atoms with Crippen molar-refractivity contribution < 1.29 is 29.1 Å². The van der Waals surface area contributed by atoms with Crippen LogP contribution in [-0.4, -0.2) is 93.4 Å². The lowest BCUT2D eigenvalue weighted by atomic mass is 10.1. The Hall–Kier alpha value is -3.86. The van der Waals surface area contributed by atoms with Crippen molar-refractivity contribution in [2.75, 3.05) is 18.6 Å². The number of aromatic nitrogens is 2. The molecule has 16 nitrogen and oxygen atoms in total. The minimum Gasteiger partial charge on any atom is -0.480 e. The molecule has 0 aromatic carbocycles. The summed E-state index contributed by atoms with van der Waals surface area (Å²) < 4.78 is 0. The molecule has 4 atom stereocenters. The summed E-state index contributed by atoms with van der Waals surface area (Å²) in [6, 6.07) is -4.86. The zero-order valence-corrected chi connectivity index (χ0v) is 21.8. The normalized spacial score (nSPS) is 13.8. The van der Waals surface area contributed by atoms with E-state index >= 15 is 0 Å². The van der Waals surface area contributed by atoms with Gasteiger partial charge >= 0.3 is 5.97 Å². The highest BCUT2D eigenvalue weighted by atomic mass is 32.2. The lowest BCUT2D eigenvalue weighted by molar-refractivity contribution is -0.142. The number of primary amides is 1. The standard InChI is InChI=1S/C21H36N10O6S/c1-38-6-4-14(20(36)37)30-18(34)13(3-2-5-27-21(24)25)29-19(35)15(7-11-9-26-10-28-11)31-17(33)12(22)8-16(23)32/h9-10,12-15H,2-8,22H2,1H3,(H2,23,32)(H,26,28)(H,29,35)(H,30,34)(H,31,33)(H,36,37)(H4,24,25,27). The number of nitrogens with two attached hydrogens (primary N) is 4. The molecule has 0 bridgehead atoms. The van der Waals surface area contributed by atoms with Crippen molar-refractivity contribution >= 4 is 47.3 Å². The molecule has 1 rings (SSSR count). The van der Waals surface area contributed by atoms with Crippen molar-refractivity contribution in [3.05, 3.63) is 18.2 Å². The number of imidazole rings is 1. The maximum Gasteiger partial charge on any atom is 0.326 e. The average Bonchev–Trinajstić information content (AvgIpc) is 3.35. The molecule has 0 aliphatic rings. The van der Waals surface area contributed by atoms with E-state index in [0.29, 0.717) is 11.4 Å². The number of carboxylic acid groups (broad SMARTS) is 1. The summed E-state index contributed by atoms with van der Waals surface area (Å²) in [6.07, 6.45) is 4.66. The molecule has 0 spiro atoms. The van der Waals surface area contributed by atoms with Crippen LogP contribution in [0, 0.1) is 0 Å². The highest BCUT2D eigenvalue weighted by Gasteiger charge is 2.30. The third-order valence-corrected chi connectivity index (χ3v) is 5.82. The number of carbonyl (C=O) groups excluding carboxylic acids is 4. The van der Waals surface area contributed by atoms with E-state index in [1.165, 1.54) is 24.3 Å². The van der Waals surface area contributed by atoms with Gasteiger partial charge in [-0.3, -0.25) is 24.2 Å². The molecule has 1 heterocycles. The Kier molecular flexibility index (Phi) is 14.2. The number of hydrogen-bond acceptors (Lipinski definition) is 9. The number of hydrogen-bond donors (Lipinski definition) is 9. The molecule has 0 fully saturated rings. The number of thioether (sulfide) groups is 1. The molecule has 212 valence electrons. The molecule has 0 saturated carbocycles. The topological polar surface area (TPSA) is 287 Å². The monoisotopic (exact) mass is 556 g/mol. The molecule has 0 saturated heterocycles. The van der Waals surface area contributed by atoms with E-state index in [1.807, 2.05) is 0 Å². The minimum atomic E-state index is -1.30. The number of guanidine groups is 1. The number of carboxylic acids is 1. The van der Waals surface area contributed by atoms with Crippen molar-refractivity contribution in [3.8, 4) is 0 Å². The first-order chi connectivity index (χ1) is 17.9. The first-order valence-corrected chi connectivity index (χ1v) is 13.0. The smallest absolute Gasteiger partial charge is 0.326 e. The Morgan fingerprint density at radius 1 is 1.03 bits per heavy atom. The van der Waals surface area contributed by atoms with E-state index in [9.17, 15) is 29.1 Å². The summed E-state index contributed by atoms with van der Waals surface area (Å²) in [6.45, 7) is 0.160. The van der Waals surface area contributed by atoms with Gasteiger partial charge < -0.3 is 49.0 Å². The van der Waals surface area contributed by atoms with Gasteiger partial charge in [0.05, 0.1) is 18.8 Å². The van der Waals surface area contributed by atoms with Gasteiger partial charge in [-0.2, -0.15) is 11.8 Å². The van der Waals surface area contributed by atoms with E-state index in [4.69, 9.17) is 22.9 Å². The SMILES string of the molecule is CSCCC(NC(=O)C(CCCN=C(N)N)NC(=O)C(Cc1cnc[nH]1)NC(=O)C(N)CC(N)=O)C(=O)O. The summed E-state index contributed by atoms with van der Waals surface area (Å²) in [5.74, 6) is -3.96. The minimum absolute atomic E-state index is 0.0469. The first kappa shape index (κ1) is 32.2. The number of carbonyl (C=O) groups is 5. The van der Waals surface area contributed by atoms with Gasteiger partial charge in [0.15, 0.2) is 5.96 Å². The summed E-state index contributed by atoms with van der Waals surface area (Å²) in [5.41, 5.74) is 21.9. The quantitative estimate of drug-likeness (QED) is 0.0485. The highest BCUT2D eigenvalue weighted by molar-refractivity contribution is 7.98. The van der Waals surface area contributed by atoms with Crippen LogP contribution in [0.4, 0.5) is 0 Å². The van der Waals surface area contributed by atoms with E-state index in [0.717, 1.165) is 0 Å². The van der Waals surface area contributed by atoms with Gasteiger partial charge in [-0.25, -0.2) is 9.78 Å². The Bertz CT molecular complexity index is 970. The number of H-pyrrole nitrogens is 1. The second-order valence-electron chi connectivity index (χ2n) is 8.31. The molecule has 4 unspecified atom stereocenters. The van der Waals surface area contributed by atoms with Gasteiger partial charge in [0.2, 0.25) is 23.6 Å². The van der Waals surface area contributed by atoms with Gasteiger partial charge in [-0.05, 0) is 31.3 Å². The molecule has 0 aliphatic heterocycles. The van der Waals surface area contributed by atoms with Gasteiger partial charge in [0.1, 0.15) is 18.1 Å². The number of aliphatic carboxylic acids is 1. The van der Waals surface area contributed by atoms with E-state index in [1.54, 1.807) is 6.26 Å². The van der Waals surface area contributed by atoms with Crippen molar-refractivity contribution in [2.45, 2.75) is 56.3 Å². The molecule has 1 aromatic rings. The van der Waals surface area contributed by atoms with Crippen LogP contribution in [0.3, 0.4) is 0 Å². The molecule has 38 heavy (non-hydrogen) atoms. The summed E-state index contributed by atoms with van der Waals surface area (Å²) in [5, 5.41) is 16.9. The Labute approximate surface area is 223 Å². The van der Waals surface area contributed by atoms with Crippen LogP contribution in [0.25, 0.3) is 0 Å². The summed E-state index contributed by atoms with van der Waals surface area (Å²) >= 11 is 1.42. The van der Waals surface area contributed by atoms with Crippen LogP contribution in [0.5, 0.6) is 0 Å².